The van der Waals surface area contributed by atoms with Crippen LogP contribution in [0.3, 0.4) is 0 Å². The third kappa shape index (κ3) is 2.70. The van der Waals surface area contributed by atoms with Crippen LogP contribution in [0.2, 0.25) is 0 Å². The van der Waals surface area contributed by atoms with Gasteiger partial charge in [-0.25, -0.2) is 4.39 Å². The highest BCUT2D eigenvalue weighted by Crippen LogP contribution is 2.44. The summed E-state index contributed by atoms with van der Waals surface area (Å²) in [6.07, 6.45) is 1.33. The molecule has 0 radical (unpaired) electrons. The van der Waals surface area contributed by atoms with Gasteiger partial charge < -0.3 is 0 Å². The van der Waals surface area contributed by atoms with E-state index >= 15 is 0 Å². The highest BCUT2D eigenvalue weighted by Gasteiger charge is 2.31. The van der Waals surface area contributed by atoms with Crippen LogP contribution in [0.25, 0.3) is 0 Å². The van der Waals surface area contributed by atoms with E-state index < -0.39 is 10.7 Å². The molecule has 0 spiro atoms. The number of nitro benzene ring substituents is 1. The molecule has 1 aliphatic carbocycles. The Hall–Kier alpha value is -1.75. The van der Waals surface area contributed by atoms with Crippen molar-refractivity contribution >= 4 is 21.6 Å². The second-order valence-corrected chi connectivity index (χ2v) is 6.29. The highest BCUT2D eigenvalue weighted by molar-refractivity contribution is 9.09. The molecular weight excluding hydrogens is 337 g/mol. The van der Waals surface area contributed by atoms with Crippen molar-refractivity contribution in [3.8, 4) is 0 Å². The fourth-order valence-electron chi connectivity index (χ4n) is 2.98. The normalized spacial score (nSPS) is 20.3. The monoisotopic (exact) mass is 349 g/mol. The van der Waals surface area contributed by atoms with Crippen molar-refractivity contribution in [3.63, 3.8) is 0 Å². The van der Waals surface area contributed by atoms with Crippen LogP contribution in [0.1, 0.15) is 21.5 Å². The van der Waals surface area contributed by atoms with E-state index in [4.69, 9.17) is 0 Å². The first-order chi connectivity index (χ1) is 10.1. The molecule has 2 atom stereocenters. The minimum Gasteiger partial charge on any atom is -0.258 e. The van der Waals surface area contributed by atoms with Crippen molar-refractivity contribution in [1.82, 2.24) is 0 Å². The number of nitro groups is 1. The van der Waals surface area contributed by atoms with Gasteiger partial charge in [-0.05, 0) is 42.0 Å². The maximum absolute atomic E-state index is 13.4. The molecule has 0 N–H and O–H groups in total. The Morgan fingerprint density at radius 1 is 1.29 bits per heavy atom. The van der Waals surface area contributed by atoms with E-state index in [0.29, 0.717) is 12.0 Å². The predicted octanol–water partition coefficient (Wildman–Crippen LogP) is 4.58. The summed E-state index contributed by atoms with van der Waals surface area (Å²) in [5.41, 5.74) is 2.93. The Balaban J connectivity index is 1.89. The van der Waals surface area contributed by atoms with Crippen LogP contribution >= 0.6 is 15.9 Å². The summed E-state index contributed by atoms with van der Waals surface area (Å²) in [7, 11) is 0. The number of alkyl halides is 1. The lowest BCUT2D eigenvalue weighted by Gasteiger charge is -2.14. The molecule has 2 unspecified atom stereocenters. The quantitative estimate of drug-likeness (QED) is 0.462. The fraction of sp³-hybridized carbons (Fsp3) is 0.250. The van der Waals surface area contributed by atoms with Gasteiger partial charge in [0.05, 0.1) is 4.92 Å². The van der Waals surface area contributed by atoms with Gasteiger partial charge in [-0.2, -0.15) is 0 Å². The summed E-state index contributed by atoms with van der Waals surface area (Å²) in [5, 5.41) is 11.1. The summed E-state index contributed by atoms with van der Waals surface area (Å²) in [4.78, 5) is 10.8. The van der Waals surface area contributed by atoms with Crippen molar-refractivity contribution in [2.45, 2.75) is 17.7 Å². The zero-order valence-electron chi connectivity index (χ0n) is 11.1. The lowest BCUT2D eigenvalue weighted by molar-refractivity contribution is -0.385. The molecule has 3 nitrogen and oxygen atoms in total. The molecule has 2 aromatic rings. The van der Waals surface area contributed by atoms with Crippen LogP contribution in [0.5, 0.6) is 0 Å². The number of rotatable bonds is 3. The van der Waals surface area contributed by atoms with Gasteiger partial charge in [-0.1, -0.05) is 40.2 Å². The number of halogens is 2. The van der Waals surface area contributed by atoms with Crippen LogP contribution < -0.4 is 0 Å². The lowest BCUT2D eigenvalue weighted by Crippen LogP contribution is -2.08. The van der Waals surface area contributed by atoms with Crippen LogP contribution in [-0.4, -0.2) is 4.92 Å². The van der Waals surface area contributed by atoms with E-state index in [9.17, 15) is 14.5 Å². The fourth-order valence-corrected chi connectivity index (χ4v) is 3.80. The van der Waals surface area contributed by atoms with Gasteiger partial charge in [-0.15, -0.1) is 0 Å². The standard InChI is InChI=1S/C16H13BrFNO2/c17-16-12(7-10-3-1-2-4-14(10)16)8-11-9-13(18)5-6-15(11)19(20)21/h1-6,9,12,16H,7-8H2. The third-order valence-electron chi connectivity index (χ3n) is 3.97. The van der Waals surface area contributed by atoms with Crippen molar-refractivity contribution in [2.75, 3.05) is 0 Å². The lowest BCUT2D eigenvalue weighted by atomic mass is 9.95. The first-order valence-electron chi connectivity index (χ1n) is 6.71. The number of hydrogen-bond donors (Lipinski definition) is 0. The van der Waals surface area contributed by atoms with Crippen molar-refractivity contribution in [2.24, 2.45) is 5.92 Å². The average molecular weight is 350 g/mol. The van der Waals surface area contributed by atoms with Crippen LogP contribution in [-0.2, 0) is 12.8 Å². The molecule has 5 heteroatoms. The summed E-state index contributed by atoms with van der Waals surface area (Å²) >= 11 is 3.68. The van der Waals surface area contributed by atoms with Gasteiger partial charge in [0.2, 0.25) is 0 Å². The predicted molar refractivity (Wildman–Crippen MR) is 82.1 cm³/mol. The van der Waals surface area contributed by atoms with Gasteiger partial charge in [0, 0.05) is 16.5 Å². The minimum absolute atomic E-state index is 0.00736. The van der Waals surface area contributed by atoms with E-state index in [2.05, 4.69) is 28.1 Å². The van der Waals surface area contributed by atoms with E-state index in [-0.39, 0.29) is 16.4 Å². The van der Waals surface area contributed by atoms with E-state index in [1.54, 1.807) is 0 Å². The maximum atomic E-state index is 13.4. The Labute approximate surface area is 130 Å². The molecule has 0 fully saturated rings. The van der Waals surface area contributed by atoms with Crippen LogP contribution in [0, 0.1) is 21.8 Å². The largest absolute Gasteiger partial charge is 0.272 e. The molecule has 108 valence electrons. The summed E-state index contributed by atoms with van der Waals surface area (Å²) in [6.45, 7) is 0. The SMILES string of the molecule is O=[N+]([O-])c1ccc(F)cc1CC1Cc2ccccc2C1Br. The molecule has 1 aliphatic rings. The topological polar surface area (TPSA) is 43.1 Å². The molecule has 0 amide bonds. The van der Waals surface area contributed by atoms with Crippen molar-refractivity contribution < 1.29 is 9.31 Å². The zero-order valence-corrected chi connectivity index (χ0v) is 12.7. The first-order valence-corrected chi connectivity index (χ1v) is 7.62. The molecule has 0 bridgehead atoms. The Morgan fingerprint density at radius 2 is 2.05 bits per heavy atom. The molecule has 0 saturated carbocycles. The highest BCUT2D eigenvalue weighted by atomic mass is 79.9. The van der Waals surface area contributed by atoms with Gasteiger partial charge in [0.1, 0.15) is 5.82 Å². The zero-order chi connectivity index (χ0) is 15.0. The van der Waals surface area contributed by atoms with E-state index in [1.165, 1.54) is 23.3 Å². The summed E-state index contributed by atoms with van der Waals surface area (Å²) < 4.78 is 13.4. The Kier molecular flexibility index (Phi) is 3.76. The Morgan fingerprint density at radius 3 is 2.76 bits per heavy atom. The molecular formula is C16H13BrFNO2. The third-order valence-corrected chi connectivity index (χ3v) is 5.21. The second kappa shape index (κ2) is 5.56. The summed E-state index contributed by atoms with van der Waals surface area (Å²) in [5.74, 6) is -0.236. The van der Waals surface area contributed by atoms with E-state index in [1.807, 2.05) is 12.1 Å². The molecule has 3 rings (SSSR count). The smallest absolute Gasteiger partial charge is 0.258 e. The van der Waals surface area contributed by atoms with E-state index in [0.717, 1.165) is 12.5 Å². The summed E-state index contributed by atoms with van der Waals surface area (Å²) in [6, 6.07) is 11.8. The first kappa shape index (κ1) is 14.2. The van der Waals surface area contributed by atoms with Gasteiger partial charge in [0.25, 0.3) is 5.69 Å². The van der Waals surface area contributed by atoms with Crippen molar-refractivity contribution in [1.29, 1.82) is 0 Å². The number of nitrogens with zero attached hydrogens (tertiary/aromatic N) is 1. The minimum atomic E-state index is -0.444. The molecule has 0 heterocycles. The number of hydrogen-bond acceptors (Lipinski definition) is 2. The van der Waals surface area contributed by atoms with Crippen molar-refractivity contribution in [3.05, 3.63) is 75.1 Å². The Bertz CT molecular complexity index is 704. The average Bonchev–Trinajstić information content (AvgIpc) is 2.76. The number of benzene rings is 2. The second-order valence-electron chi connectivity index (χ2n) is 5.30. The molecule has 2 aromatic carbocycles. The molecule has 21 heavy (non-hydrogen) atoms. The molecule has 0 aliphatic heterocycles. The van der Waals surface area contributed by atoms with Crippen LogP contribution in [0.15, 0.2) is 42.5 Å². The van der Waals surface area contributed by atoms with Gasteiger partial charge >= 0.3 is 0 Å². The molecule has 0 aromatic heterocycles. The van der Waals surface area contributed by atoms with Gasteiger partial charge in [-0.3, -0.25) is 10.1 Å². The molecule has 0 saturated heterocycles. The number of fused-ring (bicyclic) bond motifs is 1. The van der Waals surface area contributed by atoms with Crippen LogP contribution in [0.4, 0.5) is 10.1 Å². The maximum Gasteiger partial charge on any atom is 0.272 e. The van der Waals surface area contributed by atoms with Gasteiger partial charge in [0.15, 0.2) is 0 Å².